The lowest BCUT2D eigenvalue weighted by molar-refractivity contribution is -0.118. The number of aromatic nitrogens is 1. The number of rotatable bonds is 5. The van der Waals surface area contributed by atoms with Gasteiger partial charge in [0.1, 0.15) is 5.60 Å². The van der Waals surface area contributed by atoms with Crippen LogP contribution in [0.1, 0.15) is 44.2 Å². The van der Waals surface area contributed by atoms with Crippen molar-refractivity contribution >= 4 is 17.3 Å². The van der Waals surface area contributed by atoms with Gasteiger partial charge in [0.2, 0.25) is 5.91 Å². The van der Waals surface area contributed by atoms with Gasteiger partial charge in [-0.05, 0) is 62.1 Å². The molecule has 6 nitrogen and oxygen atoms in total. The third-order valence-electron chi connectivity index (χ3n) is 6.31. The zero-order valence-corrected chi connectivity index (χ0v) is 17.6. The van der Waals surface area contributed by atoms with Crippen molar-refractivity contribution in [3.8, 4) is 0 Å². The second-order valence-electron chi connectivity index (χ2n) is 8.52. The predicted molar refractivity (Wildman–Crippen MR) is 120 cm³/mol. The number of anilines is 2. The Hall–Kier alpha value is -2.44. The summed E-state index contributed by atoms with van der Waals surface area (Å²) in [4.78, 5) is 21.4. The van der Waals surface area contributed by atoms with Crippen LogP contribution in [0.2, 0.25) is 0 Å². The number of benzene rings is 1. The van der Waals surface area contributed by atoms with Crippen molar-refractivity contribution in [3.63, 3.8) is 0 Å². The molecule has 160 valence electrons. The first-order chi connectivity index (χ1) is 14.6. The minimum absolute atomic E-state index is 0.0131. The molecule has 3 heterocycles. The molecular formula is C24H32N4O2. The number of pyridine rings is 1. The lowest BCUT2D eigenvalue weighted by atomic mass is 9.88. The van der Waals surface area contributed by atoms with Crippen LogP contribution in [0, 0.1) is 0 Å². The summed E-state index contributed by atoms with van der Waals surface area (Å²) in [6.45, 7) is 3.92. The summed E-state index contributed by atoms with van der Waals surface area (Å²) >= 11 is 0. The maximum absolute atomic E-state index is 12.5. The number of carbonyl (C=O) groups is 1. The summed E-state index contributed by atoms with van der Waals surface area (Å²) in [6.07, 6.45) is 8.03. The van der Waals surface area contributed by atoms with Crippen LogP contribution in [-0.4, -0.2) is 53.6 Å². The monoisotopic (exact) mass is 408 g/mol. The van der Waals surface area contributed by atoms with Crippen molar-refractivity contribution in [3.05, 3.63) is 54.4 Å². The molecule has 2 saturated heterocycles. The molecule has 2 fully saturated rings. The molecule has 0 radical (unpaired) electrons. The SMILES string of the molecule is O=C(CN1CCC(O)(c2ccccn2)CC1)Nc1ccc(N2CCCCCC2)cc1. The van der Waals surface area contributed by atoms with Crippen LogP contribution in [0.4, 0.5) is 11.4 Å². The average molecular weight is 409 g/mol. The van der Waals surface area contributed by atoms with Crippen LogP contribution in [0.25, 0.3) is 0 Å². The van der Waals surface area contributed by atoms with Crippen molar-refractivity contribution in [2.45, 2.75) is 44.1 Å². The second-order valence-corrected chi connectivity index (χ2v) is 8.52. The van der Waals surface area contributed by atoms with Crippen LogP contribution in [0.15, 0.2) is 48.7 Å². The van der Waals surface area contributed by atoms with Crippen molar-refractivity contribution in [1.29, 1.82) is 0 Å². The highest BCUT2D eigenvalue weighted by Crippen LogP contribution is 2.31. The highest BCUT2D eigenvalue weighted by Gasteiger charge is 2.35. The number of hydrogen-bond donors (Lipinski definition) is 2. The summed E-state index contributed by atoms with van der Waals surface area (Å²) in [5, 5.41) is 13.9. The average Bonchev–Trinajstić information content (AvgIpc) is 3.06. The summed E-state index contributed by atoms with van der Waals surface area (Å²) in [6, 6.07) is 13.8. The maximum Gasteiger partial charge on any atom is 0.238 e. The zero-order valence-electron chi connectivity index (χ0n) is 17.6. The Morgan fingerprint density at radius 1 is 0.967 bits per heavy atom. The van der Waals surface area contributed by atoms with E-state index in [-0.39, 0.29) is 5.91 Å². The fourth-order valence-corrected chi connectivity index (χ4v) is 4.46. The van der Waals surface area contributed by atoms with E-state index in [0.717, 1.165) is 24.5 Å². The molecule has 2 aromatic rings. The molecule has 1 aromatic heterocycles. The third kappa shape index (κ3) is 5.18. The molecule has 4 rings (SSSR count). The Bertz CT molecular complexity index is 809. The molecule has 1 amide bonds. The number of hydrogen-bond acceptors (Lipinski definition) is 5. The summed E-state index contributed by atoms with van der Waals surface area (Å²) in [7, 11) is 0. The zero-order chi connectivity index (χ0) is 20.8. The molecule has 2 N–H and O–H groups in total. The molecule has 0 saturated carbocycles. The highest BCUT2D eigenvalue weighted by molar-refractivity contribution is 5.92. The van der Waals surface area contributed by atoms with Crippen molar-refractivity contribution in [2.75, 3.05) is 42.9 Å². The van der Waals surface area contributed by atoms with E-state index in [4.69, 9.17) is 0 Å². The first-order valence-corrected chi connectivity index (χ1v) is 11.1. The fraction of sp³-hybridized carbons (Fsp3) is 0.500. The van der Waals surface area contributed by atoms with Gasteiger partial charge in [-0.15, -0.1) is 0 Å². The second kappa shape index (κ2) is 9.58. The molecule has 0 unspecified atom stereocenters. The van der Waals surface area contributed by atoms with Crippen molar-refractivity contribution in [2.24, 2.45) is 0 Å². The Labute approximate surface area is 178 Å². The molecule has 2 aliphatic rings. The van der Waals surface area contributed by atoms with E-state index in [1.807, 2.05) is 30.3 Å². The molecular weight excluding hydrogens is 376 g/mol. The fourth-order valence-electron chi connectivity index (χ4n) is 4.46. The van der Waals surface area contributed by atoms with Crippen LogP contribution < -0.4 is 10.2 Å². The van der Waals surface area contributed by atoms with Gasteiger partial charge < -0.3 is 15.3 Å². The van der Waals surface area contributed by atoms with Gasteiger partial charge in [-0.3, -0.25) is 14.7 Å². The third-order valence-corrected chi connectivity index (χ3v) is 6.31. The Balaban J connectivity index is 1.26. The van der Waals surface area contributed by atoms with Crippen molar-refractivity contribution < 1.29 is 9.90 Å². The van der Waals surface area contributed by atoms with E-state index in [1.54, 1.807) is 6.20 Å². The van der Waals surface area contributed by atoms with Crippen molar-refractivity contribution in [1.82, 2.24) is 9.88 Å². The Kier molecular flexibility index (Phi) is 6.65. The number of nitrogens with zero attached hydrogens (tertiary/aromatic N) is 3. The molecule has 2 aliphatic heterocycles. The summed E-state index contributed by atoms with van der Waals surface area (Å²) in [5.74, 6) is -0.0131. The van der Waals surface area contributed by atoms with E-state index in [0.29, 0.717) is 32.5 Å². The molecule has 30 heavy (non-hydrogen) atoms. The molecule has 0 atom stereocenters. The van der Waals surface area contributed by atoms with Gasteiger partial charge in [-0.25, -0.2) is 0 Å². The topological polar surface area (TPSA) is 68.7 Å². The minimum atomic E-state index is -0.891. The van der Waals surface area contributed by atoms with Gasteiger partial charge in [0.15, 0.2) is 0 Å². The van der Waals surface area contributed by atoms with Gasteiger partial charge in [0.25, 0.3) is 0 Å². The standard InChI is InChI=1S/C24H32N4O2/c29-23(19-27-17-12-24(30,13-18-27)22-7-3-4-14-25-22)26-20-8-10-21(11-9-20)28-15-5-1-2-6-16-28/h3-4,7-11,14,30H,1-2,5-6,12-13,15-19H2,(H,26,29). The molecule has 0 aliphatic carbocycles. The number of piperidine rings is 1. The van der Waals surface area contributed by atoms with E-state index < -0.39 is 5.60 Å². The van der Waals surface area contributed by atoms with Gasteiger partial charge in [0.05, 0.1) is 12.2 Å². The highest BCUT2D eigenvalue weighted by atomic mass is 16.3. The van der Waals surface area contributed by atoms with Crippen LogP contribution >= 0.6 is 0 Å². The summed E-state index contributed by atoms with van der Waals surface area (Å²) < 4.78 is 0. The number of nitrogens with one attached hydrogen (secondary N) is 1. The molecule has 0 spiro atoms. The number of aliphatic hydroxyl groups is 1. The first-order valence-electron chi connectivity index (χ1n) is 11.1. The largest absolute Gasteiger partial charge is 0.383 e. The summed E-state index contributed by atoms with van der Waals surface area (Å²) in [5.41, 5.74) is 1.90. The van der Waals surface area contributed by atoms with E-state index in [2.05, 4.69) is 32.2 Å². The number of carbonyl (C=O) groups excluding carboxylic acids is 1. The lowest BCUT2D eigenvalue weighted by Gasteiger charge is -2.37. The Morgan fingerprint density at radius 3 is 2.30 bits per heavy atom. The predicted octanol–water partition coefficient (Wildman–Crippen LogP) is 3.38. The molecule has 0 bridgehead atoms. The number of amides is 1. The number of likely N-dealkylation sites (tertiary alicyclic amines) is 1. The smallest absolute Gasteiger partial charge is 0.238 e. The first kappa shape index (κ1) is 20.8. The van der Waals surface area contributed by atoms with Gasteiger partial charge in [-0.1, -0.05) is 18.9 Å². The molecule has 1 aromatic carbocycles. The van der Waals surface area contributed by atoms with E-state index in [1.165, 1.54) is 31.4 Å². The normalized spacial score (nSPS) is 19.8. The Morgan fingerprint density at radius 2 is 1.67 bits per heavy atom. The lowest BCUT2D eigenvalue weighted by Crippen LogP contribution is -2.45. The minimum Gasteiger partial charge on any atom is -0.383 e. The van der Waals surface area contributed by atoms with Gasteiger partial charge in [-0.2, -0.15) is 0 Å². The van der Waals surface area contributed by atoms with E-state index >= 15 is 0 Å². The maximum atomic E-state index is 12.5. The van der Waals surface area contributed by atoms with Gasteiger partial charge in [0, 0.05) is 43.8 Å². The van der Waals surface area contributed by atoms with Gasteiger partial charge >= 0.3 is 0 Å². The van der Waals surface area contributed by atoms with Crippen LogP contribution in [0.5, 0.6) is 0 Å². The van der Waals surface area contributed by atoms with Crippen LogP contribution in [0.3, 0.4) is 0 Å². The van der Waals surface area contributed by atoms with Crippen LogP contribution in [-0.2, 0) is 10.4 Å². The molecule has 6 heteroatoms. The van der Waals surface area contributed by atoms with E-state index in [9.17, 15) is 9.90 Å². The quantitative estimate of drug-likeness (QED) is 0.794.